The van der Waals surface area contributed by atoms with Crippen molar-refractivity contribution in [2.45, 2.75) is 44.9 Å². The van der Waals surface area contributed by atoms with Crippen LogP contribution < -0.4 is 10.6 Å². The highest BCUT2D eigenvalue weighted by Gasteiger charge is 2.36. The van der Waals surface area contributed by atoms with Gasteiger partial charge in [0.25, 0.3) is 0 Å². The number of carbonyl (C=O) groups is 2. The number of aromatic nitrogens is 2. The van der Waals surface area contributed by atoms with Crippen molar-refractivity contribution < 1.29 is 9.59 Å². The molecule has 0 radical (unpaired) electrons. The van der Waals surface area contributed by atoms with Crippen molar-refractivity contribution in [1.82, 2.24) is 9.97 Å². The lowest BCUT2D eigenvalue weighted by molar-refractivity contribution is -0.122. The maximum Gasteiger partial charge on any atom is 0.226 e. The third kappa shape index (κ3) is 5.12. The topological polar surface area (TPSA) is 84.0 Å². The average Bonchev–Trinajstić information content (AvgIpc) is 2.63. The van der Waals surface area contributed by atoms with Crippen LogP contribution in [0.15, 0.2) is 48.8 Å². The highest BCUT2D eigenvalue weighted by Crippen LogP contribution is 2.42. The normalized spacial score (nSPS) is 15.8. The zero-order valence-electron chi connectivity index (χ0n) is 14.8. The van der Waals surface area contributed by atoms with Crippen molar-refractivity contribution in [1.29, 1.82) is 0 Å². The number of carbonyl (C=O) groups excluding carboxylic acids is 2. The zero-order valence-corrected chi connectivity index (χ0v) is 14.8. The van der Waals surface area contributed by atoms with Gasteiger partial charge in [-0.3, -0.25) is 9.59 Å². The molecule has 1 aliphatic carbocycles. The minimum Gasteiger partial charge on any atom is -0.311 e. The molecule has 0 aliphatic heterocycles. The van der Waals surface area contributed by atoms with Crippen molar-refractivity contribution in [3.63, 3.8) is 0 Å². The Kier molecular flexibility index (Phi) is 5.94. The number of rotatable bonds is 6. The van der Waals surface area contributed by atoms with E-state index in [1.54, 1.807) is 36.7 Å². The minimum absolute atomic E-state index is 0.0868. The predicted octanol–water partition coefficient (Wildman–Crippen LogP) is 3.78. The lowest BCUT2D eigenvalue weighted by Gasteiger charge is -2.36. The summed E-state index contributed by atoms with van der Waals surface area (Å²) < 4.78 is 0. The van der Waals surface area contributed by atoms with E-state index < -0.39 is 0 Å². The summed E-state index contributed by atoms with van der Waals surface area (Å²) in [6, 6.07) is 10.8. The SMILES string of the molecule is O=C(CC1(CC(=O)Nc2ccccn2)CCCCC1)Nc1ccccn1. The summed E-state index contributed by atoms with van der Waals surface area (Å²) in [5.74, 6) is 0.912. The Hall–Kier alpha value is -2.76. The highest BCUT2D eigenvalue weighted by atomic mass is 16.2. The summed E-state index contributed by atoms with van der Waals surface area (Å²) in [5.41, 5.74) is -0.296. The fraction of sp³-hybridized carbons (Fsp3) is 0.400. The molecule has 136 valence electrons. The fourth-order valence-corrected chi connectivity index (χ4v) is 3.65. The van der Waals surface area contributed by atoms with E-state index in [1.165, 1.54) is 0 Å². The van der Waals surface area contributed by atoms with Gasteiger partial charge in [0.15, 0.2) is 0 Å². The Morgan fingerprint density at radius 2 is 1.31 bits per heavy atom. The van der Waals surface area contributed by atoms with Crippen LogP contribution in [0, 0.1) is 5.41 Å². The van der Waals surface area contributed by atoms with Gasteiger partial charge in [0, 0.05) is 25.2 Å². The smallest absolute Gasteiger partial charge is 0.226 e. The number of hydrogen-bond donors (Lipinski definition) is 2. The van der Waals surface area contributed by atoms with Gasteiger partial charge in [-0.05, 0) is 42.5 Å². The van der Waals surface area contributed by atoms with E-state index >= 15 is 0 Å². The molecule has 2 amide bonds. The van der Waals surface area contributed by atoms with Gasteiger partial charge in [0.2, 0.25) is 11.8 Å². The molecule has 26 heavy (non-hydrogen) atoms. The van der Waals surface area contributed by atoms with E-state index in [0.29, 0.717) is 24.5 Å². The molecular weight excluding hydrogens is 328 g/mol. The number of anilines is 2. The first-order valence-electron chi connectivity index (χ1n) is 9.07. The van der Waals surface area contributed by atoms with Gasteiger partial charge in [-0.15, -0.1) is 0 Å². The fourth-order valence-electron chi connectivity index (χ4n) is 3.65. The molecule has 1 aliphatic rings. The Balaban J connectivity index is 1.64. The third-order valence-corrected chi connectivity index (χ3v) is 4.85. The molecular formula is C20H24N4O2. The first-order valence-corrected chi connectivity index (χ1v) is 9.07. The third-order valence-electron chi connectivity index (χ3n) is 4.85. The van der Waals surface area contributed by atoms with Crippen LogP contribution in [-0.4, -0.2) is 21.8 Å². The number of nitrogens with one attached hydrogen (secondary N) is 2. The van der Waals surface area contributed by atoms with Crippen LogP contribution in [0.4, 0.5) is 11.6 Å². The molecule has 0 bridgehead atoms. The van der Waals surface area contributed by atoms with Crippen molar-refractivity contribution in [2.75, 3.05) is 10.6 Å². The summed E-state index contributed by atoms with van der Waals surface area (Å²) in [5, 5.41) is 5.69. The molecule has 2 aromatic heterocycles. The first kappa shape index (κ1) is 18.0. The largest absolute Gasteiger partial charge is 0.311 e. The molecule has 2 N–H and O–H groups in total. The maximum atomic E-state index is 12.5. The van der Waals surface area contributed by atoms with Gasteiger partial charge >= 0.3 is 0 Å². The van der Waals surface area contributed by atoms with Crippen molar-refractivity contribution in [3.8, 4) is 0 Å². The van der Waals surface area contributed by atoms with Crippen LogP contribution in [0.2, 0.25) is 0 Å². The van der Waals surface area contributed by atoms with E-state index in [9.17, 15) is 9.59 Å². The second-order valence-electron chi connectivity index (χ2n) is 6.94. The Morgan fingerprint density at radius 3 is 1.73 bits per heavy atom. The van der Waals surface area contributed by atoms with Crippen LogP contribution in [0.1, 0.15) is 44.9 Å². The molecule has 6 heteroatoms. The minimum atomic E-state index is -0.296. The summed E-state index contributed by atoms with van der Waals surface area (Å²) in [6.07, 6.45) is 8.99. The lowest BCUT2D eigenvalue weighted by Crippen LogP contribution is -2.34. The van der Waals surface area contributed by atoms with Crippen LogP contribution in [0.5, 0.6) is 0 Å². The number of amides is 2. The lowest BCUT2D eigenvalue weighted by atomic mass is 9.69. The Morgan fingerprint density at radius 1 is 0.808 bits per heavy atom. The van der Waals surface area contributed by atoms with Crippen LogP contribution >= 0.6 is 0 Å². The first-order chi connectivity index (χ1) is 12.7. The summed E-state index contributed by atoms with van der Waals surface area (Å²) in [4.78, 5) is 33.3. The van der Waals surface area contributed by atoms with E-state index in [2.05, 4.69) is 20.6 Å². The average molecular weight is 352 g/mol. The predicted molar refractivity (Wildman–Crippen MR) is 100 cm³/mol. The Labute approximate surface area is 153 Å². The van der Waals surface area contributed by atoms with Gasteiger partial charge in [-0.1, -0.05) is 31.4 Å². The highest BCUT2D eigenvalue weighted by molar-refractivity contribution is 5.93. The molecule has 6 nitrogen and oxygen atoms in total. The molecule has 0 atom stereocenters. The van der Waals surface area contributed by atoms with E-state index in [1.807, 2.05) is 12.1 Å². The molecule has 0 saturated heterocycles. The molecule has 2 heterocycles. The number of pyridine rings is 2. The summed E-state index contributed by atoms with van der Waals surface area (Å²) >= 11 is 0. The second kappa shape index (κ2) is 8.56. The van der Waals surface area contributed by atoms with Crippen molar-refractivity contribution in [2.24, 2.45) is 5.41 Å². The molecule has 0 unspecified atom stereocenters. The van der Waals surface area contributed by atoms with E-state index in [4.69, 9.17) is 0 Å². The van der Waals surface area contributed by atoms with Gasteiger partial charge in [0.05, 0.1) is 0 Å². The van der Waals surface area contributed by atoms with Crippen LogP contribution in [0.3, 0.4) is 0 Å². The Bertz CT molecular complexity index is 670. The molecule has 0 aromatic carbocycles. The van der Waals surface area contributed by atoms with Crippen molar-refractivity contribution >= 4 is 23.5 Å². The maximum absolute atomic E-state index is 12.5. The van der Waals surface area contributed by atoms with E-state index in [0.717, 1.165) is 32.1 Å². The summed E-state index contributed by atoms with van der Waals surface area (Å²) in [7, 11) is 0. The standard InChI is InChI=1S/C20H24N4O2/c25-18(23-16-8-2-6-12-21-16)14-20(10-4-1-5-11-20)15-19(26)24-17-9-3-7-13-22-17/h2-3,6-9,12-13H,1,4-5,10-11,14-15H2,(H,21,23,25)(H,22,24,26). The second-order valence-corrected chi connectivity index (χ2v) is 6.94. The number of hydrogen-bond acceptors (Lipinski definition) is 4. The molecule has 0 spiro atoms. The van der Waals surface area contributed by atoms with Gasteiger partial charge in [-0.25, -0.2) is 9.97 Å². The quantitative estimate of drug-likeness (QED) is 0.828. The van der Waals surface area contributed by atoms with Gasteiger partial charge in [-0.2, -0.15) is 0 Å². The molecule has 1 fully saturated rings. The van der Waals surface area contributed by atoms with Gasteiger partial charge < -0.3 is 10.6 Å². The van der Waals surface area contributed by atoms with Gasteiger partial charge in [0.1, 0.15) is 11.6 Å². The monoisotopic (exact) mass is 352 g/mol. The zero-order chi connectivity index (χ0) is 18.2. The summed E-state index contributed by atoms with van der Waals surface area (Å²) in [6.45, 7) is 0. The van der Waals surface area contributed by atoms with Crippen molar-refractivity contribution in [3.05, 3.63) is 48.8 Å². The number of nitrogens with zero attached hydrogens (tertiary/aromatic N) is 2. The van der Waals surface area contributed by atoms with E-state index in [-0.39, 0.29) is 17.2 Å². The molecule has 3 rings (SSSR count). The molecule has 1 saturated carbocycles. The van der Waals surface area contributed by atoms with Crippen LogP contribution in [0.25, 0.3) is 0 Å². The molecule has 2 aromatic rings. The van der Waals surface area contributed by atoms with Crippen LogP contribution in [-0.2, 0) is 9.59 Å².